The van der Waals surface area contributed by atoms with E-state index in [0.717, 1.165) is 24.2 Å². The zero-order chi connectivity index (χ0) is 13.7. The van der Waals surface area contributed by atoms with Crippen molar-refractivity contribution in [1.29, 1.82) is 0 Å². The normalized spacial score (nSPS) is 14.3. The van der Waals surface area contributed by atoms with Crippen LogP contribution in [0.3, 0.4) is 0 Å². The van der Waals surface area contributed by atoms with Crippen molar-refractivity contribution >= 4 is 5.57 Å². The summed E-state index contributed by atoms with van der Waals surface area (Å²) in [4.78, 5) is 0. The van der Waals surface area contributed by atoms with Gasteiger partial charge in [-0.3, -0.25) is 0 Å². The first kappa shape index (κ1) is 13.4. The molecule has 0 unspecified atom stereocenters. The van der Waals surface area contributed by atoms with E-state index in [0.29, 0.717) is 0 Å². The fourth-order valence-electron chi connectivity index (χ4n) is 2.20. The van der Waals surface area contributed by atoms with Crippen molar-refractivity contribution in [3.8, 4) is 0 Å². The van der Waals surface area contributed by atoms with Crippen molar-refractivity contribution < 1.29 is 0 Å². The Morgan fingerprint density at radius 3 is 2.95 bits per heavy atom. The number of rotatable bonds is 4. The van der Waals surface area contributed by atoms with E-state index in [1.165, 1.54) is 16.7 Å². The van der Waals surface area contributed by atoms with E-state index < -0.39 is 0 Å². The van der Waals surface area contributed by atoms with Crippen molar-refractivity contribution in [2.24, 2.45) is 0 Å². The summed E-state index contributed by atoms with van der Waals surface area (Å²) in [5, 5.41) is 3.31. The van der Waals surface area contributed by atoms with E-state index in [1.54, 1.807) is 0 Å². The fourth-order valence-corrected chi connectivity index (χ4v) is 2.20. The third-order valence-corrected chi connectivity index (χ3v) is 3.29. The summed E-state index contributed by atoms with van der Waals surface area (Å²) in [6.07, 6.45) is 11.5. The molecule has 0 bridgehead atoms. The van der Waals surface area contributed by atoms with Gasteiger partial charge in [-0.2, -0.15) is 0 Å². The summed E-state index contributed by atoms with van der Waals surface area (Å²) in [7, 11) is 0. The van der Waals surface area contributed by atoms with Crippen LogP contribution in [0.5, 0.6) is 0 Å². The van der Waals surface area contributed by atoms with Gasteiger partial charge in [-0.25, -0.2) is 0 Å². The number of dihydropyridines is 1. The molecule has 0 atom stereocenters. The van der Waals surface area contributed by atoms with Gasteiger partial charge in [-0.05, 0) is 42.2 Å². The molecule has 0 aliphatic carbocycles. The van der Waals surface area contributed by atoms with E-state index in [9.17, 15) is 0 Å². The van der Waals surface area contributed by atoms with E-state index in [-0.39, 0.29) is 0 Å². The number of hydrogen-bond acceptors (Lipinski definition) is 1. The standard InChI is InChI=1S/C18H21N/c1-4-16-13-14(2)8-11-18(16)15(3)9-10-17-7-5-6-12-19-17/h5-11,13,19H,3-4,12H2,1-2H3/b10-9+. The molecule has 0 spiro atoms. The van der Waals surface area contributed by atoms with Crippen LogP contribution in [-0.4, -0.2) is 6.54 Å². The Kier molecular flexibility index (Phi) is 4.40. The van der Waals surface area contributed by atoms with Gasteiger partial charge in [0.15, 0.2) is 0 Å². The Bertz CT molecular complexity index is 559. The molecule has 19 heavy (non-hydrogen) atoms. The highest BCUT2D eigenvalue weighted by atomic mass is 14.9. The Hall–Kier alpha value is -2.02. The lowest BCUT2D eigenvalue weighted by molar-refractivity contribution is 0.921. The molecule has 1 aromatic rings. The minimum atomic E-state index is 0.896. The quantitative estimate of drug-likeness (QED) is 0.792. The first-order valence-electron chi connectivity index (χ1n) is 6.78. The molecule has 1 aromatic carbocycles. The second-order valence-corrected chi connectivity index (χ2v) is 4.80. The molecule has 1 aliphatic heterocycles. The van der Waals surface area contributed by atoms with Gasteiger partial charge in [0.1, 0.15) is 0 Å². The van der Waals surface area contributed by atoms with Crippen LogP contribution in [0.1, 0.15) is 23.6 Å². The summed E-state index contributed by atoms with van der Waals surface area (Å²) < 4.78 is 0. The molecule has 1 N–H and O–H groups in total. The second-order valence-electron chi connectivity index (χ2n) is 4.80. The summed E-state index contributed by atoms with van der Waals surface area (Å²) in [5.74, 6) is 0. The molecular formula is C18H21N. The average molecular weight is 251 g/mol. The van der Waals surface area contributed by atoms with Crippen LogP contribution in [-0.2, 0) is 6.42 Å². The first-order chi connectivity index (χ1) is 9.20. The van der Waals surface area contributed by atoms with Gasteiger partial charge in [-0.15, -0.1) is 0 Å². The Balaban J connectivity index is 2.18. The number of hydrogen-bond donors (Lipinski definition) is 1. The molecular weight excluding hydrogens is 230 g/mol. The summed E-state index contributed by atoms with van der Waals surface area (Å²) in [6.45, 7) is 9.40. The van der Waals surface area contributed by atoms with Gasteiger partial charge >= 0.3 is 0 Å². The van der Waals surface area contributed by atoms with E-state index in [4.69, 9.17) is 0 Å². The van der Waals surface area contributed by atoms with Gasteiger partial charge in [-0.1, -0.05) is 55.5 Å². The largest absolute Gasteiger partial charge is 0.382 e. The topological polar surface area (TPSA) is 12.0 Å². The predicted molar refractivity (Wildman–Crippen MR) is 84.0 cm³/mol. The van der Waals surface area contributed by atoms with Crippen LogP contribution >= 0.6 is 0 Å². The maximum Gasteiger partial charge on any atom is 0.0342 e. The van der Waals surface area contributed by atoms with Crippen molar-refractivity contribution in [2.45, 2.75) is 20.3 Å². The molecule has 0 saturated carbocycles. The Labute approximate surface area is 116 Å². The summed E-state index contributed by atoms with van der Waals surface area (Å²) >= 11 is 0. The summed E-state index contributed by atoms with van der Waals surface area (Å²) in [6, 6.07) is 6.56. The maximum atomic E-state index is 4.19. The van der Waals surface area contributed by atoms with Gasteiger partial charge in [0.2, 0.25) is 0 Å². The van der Waals surface area contributed by atoms with Crippen molar-refractivity contribution in [3.05, 3.63) is 77.5 Å². The molecule has 0 fully saturated rings. The summed E-state index contributed by atoms with van der Waals surface area (Å²) in [5.41, 5.74) is 6.11. The molecule has 0 amide bonds. The molecule has 1 heterocycles. The minimum absolute atomic E-state index is 0.896. The van der Waals surface area contributed by atoms with Crippen molar-refractivity contribution in [1.82, 2.24) is 5.32 Å². The lowest BCUT2D eigenvalue weighted by Crippen LogP contribution is -2.13. The first-order valence-corrected chi connectivity index (χ1v) is 6.78. The van der Waals surface area contributed by atoms with Crippen LogP contribution in [0.2, 0.25) is 0 Å². The average Bonchev–Trinajstić information content (AvgIpc) is 2.45. The monoisotopic (exact) mass is 251 g/mol. The number of benzene rings is 1. The molecule has 0 radical (unpaired) electrons. The van der Waals surface area contributed by atoms with Crippen LogP contribution in [0, 0.1) is 6.92 Å². The Morgan fingerprint density at radius 2 is 2.26 bits per heavy atom. The third-order valence-electron chi connectivity index (χ3n) is 3.29. The highest BCUT2D eigenvalue weighted by molar-refractivity contribution is 5.75. The van der Waals surface area contributed by atoms with Crippen LogP contribution in [0.15, 0.2) is 60.9 Å². The molecule has 1 nitrogen and oxygen atoms in total. The lowest BCUT2D eigenvalue weighted by Gasteiger charge is -2.10. The lowest BCUT2D eigenvalue weighted by atomic mass is 9.96. The molecule has 0 saturated heterocycles. The number of aryl methyl sites for hydroxylation is 2. The van der Waals surface area contributed by atoms with Crippen LogP contribution in [0.25, 0.3) is 5.57 Å². The Morgan fingerprint density at radius 1 is 1.42 bits per heavy atom. The van der Waals surface area contributed by atoms with Crippen molar-refractivity contribution in [3.63, 3.8) is 0 Å². The molecule has 0 aromatic heterocycles. The van der Waals surface area contributed by atoms with Crippen molar-refractivity contribution in [2.75, 3.05) is 6.54 Å². The minimum Gasteiger partial charge on any atom is -0.382 e. The van der Waals surface area contributed by atoms with Gasteiger partial charge in [0.25, 0.3) is 0 Å². The number of nitrogens with one attached hydrogen (secondary N) is 1. The molecule has 98 valence electrons. The van der Waals surface area contributed by atoms with E-state index >= 15 is 0 Å². The van der Waals surface area contributed by atoms with Crippen LogP contribution < -0.4 is 5.32 Å². The highest BCUT2D eigenvalue weighted by Gasteiger charge is 2.03. The van der Waals surface area contributed by atoms with Gasteiger partial charge in [0.05, 0.1) is 0 Å². The zero-order valence-corrected chi connectivity index (χ0v) is 11.7. The third kappa shape index (κ3) is 3.47. The molecule has 2 rings (SSSR count). The second kappa shape index (κ2) is 6.24. The SMILES string of the molecule is C=C(/C=C/C1=CC=CCN1)c1ccc(C)cc1CC. The van der Waals surface area contributed by atoms with Gasteiger partial charge < -0.3 is 5.32 Å². The van der Waals surface area contributed by atoms with Gasteiger partial charge in [0, 0.05) is 12.2 Å². The molecule has 1 heteroatoms. The zero-order valence-electron chi connectivity index (χ0n) is 11.7. The van der Waals surface area contributed by atoms with E-state index in [2.05, 4.69) is 74.3 Å². The smallest absolute Gasteiger partial charge is 0.0342 e. The highest BCUT2D eigenvalue weighted by Crippen LogP contribution is 2.21. The predicted octanol–water partition coefficient (Wildman–Crippen LogP) is 4.17. The fraction of sp³-hybridized carbons (Fsp3) is 0.222. The number of allylic oxidation sites excluding steroid dienone is 5. The van der Waals surface area contributed by atoms with Crippen LogP contribution in [0.4, 0.5) is 0 Å². The van der Waals surface area contributed by atoms with E-state index in [1.807, 2.05) is 0 Å². The molecule has 1 aliphatic rings. The maximum absolute atomic E-state index is 4.19.